The van der Waals surface area contributed by atoms with Crippen LogP contribution >= 0.6 is 0 Å². The van der Waals surface area contributed by atoms with E-state index in [1.54, 1.807) is 0 Å². The number of nitrogens with two attached hydrogens (primary N) is 1. The fourth-order valence-corrected chi connectivity index (χ4v) is 2.57. The Morgan fingerprint density at radius 2 is 2.00 bits per heavy atom. The predicted molar refractivity (Wildman–Crippen MR) is 87.0 cm³/mol. The van der Waals surface area contributed by atoms with E-state index in [0.29, 0.717) is 12.5 Å². The summed E-state index contributed by atoms with van der Waals surface area (Å²) in [6, 6.07) is 8.32. The second kappa shape index (κ2) is 6.71. The summed E-state index contributed by atoms with van der Waals surface area (Å²) in [6.45, 7) is 9.34. The molecule has 1 heterocycles. The number of aromatic nitrogens is 1. The summed E-state index contributed by atoms with van der Waals surface area (Å²) < 4.78 is 0. The van der Waals surface area contributed by atoms with E-state index in [2.05, 4.69) is 48.9 Å². The van der Waals surface area contributed by atoms with Crippen LogP contribution in [0.3, 0.4) is 0 Å². The number of anilines is 1. The fourth-order valence-electron chi connectivity index (χ4n) is 2.57. The molecule has 0 aliphatic rings. The summed E-state index contributed by atoms with van der Waals surface area (Å²) >= 11 is 0. The first-order chi connectivity index (χ1) is 9.71. The van der Waals surface area contributed by atoms with Crippen LogP contribution < -0.4 is 10.6 Å². The van der Waals surface area contributed by atoms with E-state index in [9.17, 15) is 0 Å². The summed E-state index contributed by atoms with van der Waals surface area (Å²) in [5.41, 5.74) is 9.37. The van der Waals surface area contributed by atoms with Crippen molar-refractivity contribution in [3.8, 4) is 0 Å². The number of hydrogen-bond donors (Lipinski definition) is 1. The van der Waals surface area contributed by atoms with Gasteiger partial charge in [-0.05, 0) is 18.9 Å². The van der Waals surface area contributed by atoms with Gasteiger partial charge in [-0.1, -0.05) is 38.5 Å². The Kier molecular flexibility index (Phi) is 4.96. The smallest absolute Gasteiger partial charge is 0.0723 e. The first-order valence-corrected chi connectivity index (χ1v) is 7.52. The number of nitrogens with zero attached hydrogens (tertiary/aromatic N) is 2. The average Bonchev–Trinajstić information content (AvgIpc) is 2.51. The summed E-state index contributed by atoms with van der Waals surface area (Å²) in [5, 5.41) is 1.21. The van der Waals surface area contributed by atoms with Crippen LogP contribution in [0.2, 0.25) is 0 Å². The highest BCUT2D eigenvalue weighted by atomic mass is 15.1. The van der Waals surface area contributed by atoms with Crippen molar-refractivity contribution in [3.63, 3.8) is 0 Å². The van der Waals surface area contributed by atoms with E-state index < -0.39 is 0 Å². The van der Waals surface area contributed by atoms with Crippen LogP contribution in [0.1, 0.15) is 32.8 Å². The van der Waals surface area contributed by atoms with Crippen LogP contribution in [0.4, 0.5) is 5.69 Å². The van der Waals surface area contributed by atoms with Gasteiger partial charge >= 0.3 is 0 Å². The van der Waals surface area contributed by atoms with Gasteiger partial charge in [0.25, 0.3) is 0 Å². The minimum atomic E-state index is 0.532. The van der Waals surface area contributed by atoms with Crippen molar-refractivity contribution in [2.75, 3.05) is 18.0 Å². The van der Waals surface area contributed by atoms with E-state index in [-0.39, 0.29) is 0 Å². The molecule has 20 heavy (non-hydrogen) atoms. The minimum Gasteiger partial charge on any atom is -0.371 e. The van der Waals surface area contributed by atoms with Crippen molar-refractivity contribution in [1.29, 1.82) is 0 Å². The second-order valence-electron chi connectivity index (χ2n) is 5.41. The van der Waals surface area contributed by atoms with Crippen molar-refractivity contribution < 1.29 is 0 Å². The minimum absolute atomic E-state index is 0.532. The van der Waals surface area contributed by atoms with Crippen LogP contribution in [0.25, 0.3) is 10.9 Å². The van der Waals surface area contributed by atoms with Crippen LogP contribution in [-0.2, 0) is 6.54 Å². The molecule has 0 saturated heterocycles. The van der Waals surface area contributed by atoms with Gasteiger partial charge in [0, 0.05) is 36.8 Å². The second-order valence-corrected chi connectivity index (χ2v) is 5.41. The molecule has 0 bridgehead atoms. The van der Waals surface area contributed by atoms with Crippen LogP contribution in [0, 0.1) is 5.92 Å². The zero-order valence-corrected chi connectivity index (χ0v) is 12.8. The SMILES string of the molecule is CCC(C)CN(CC)c1c(CN)cnc2ccccc12. The van der Waals surface area contributed by atoms with Crippen molar-refractivity contribution in [1.82, 2.24) is 4.98 Å². The molecule has 1 aromatic heterocycles. The largest absolute Gasteiger partial charge is 0.371 e. The number of pyridine rings is 1. The number of fused-ring (bicyclic) bond motifs is 1. The van der Waals surface area contributed by atoms with Crippen molar-refractivity contribution in [3.05, 3.63) is 36.0 Å². The first kappa shape index (κ1) is 14.8. The molecule has 1 unspecified atom stereocenters. The molecule has 0 aliphatic heterocycles. The monoisotopic (exact) mass is 271 g/mol. The number of rotatable bonds is 6. The Labute approximate surface area is 121 Å². The van der Waals surface area contributed by atoms with Crippen LogP contribution in [-0.4, -0.2) is 18.1 Å². The molecule has 0 spiro atoms. The van der Waals surface area contributed by atoms with Gasteiger partial charge in [0.15, 0.2) is 0 Å². The molecule has 108 valence electrons. The summed E-state index contributed by atoms with van der Waals surface area (Å²) in [5.74, 6) is 0.674. The highest BCUT2D eigenvalue weighted by Crippen LogP contribution is 2.30. The third-order valence-corrected chi connectivity index (χ3v) is 3.97. The molecule has 3 heteroatoms. The lowest BCUT2D eigenvalue weighted by Gasteiger charge is -2.29. The molecule has 2 rings (SSSR count). The maximum absolute atomic E-state index is 5.93. The normalized spacial score (nSPS) is 12.6. The van der Waals surface area contributed by atoms with Gasteiger partial charge in [-0.2, -0.15) is 0 Å². The van der Waals surface area contributed by atoms with Gasteiger partial charge in [-0.3, -0.25) is 4.98 Å². The molecule has 0 amide bonds. The molecule has 2 aromatic rings. The molecule has 0 saturated carbocycles. The Morgan fingerprint density at radius 3 is 2.65 bits per heavy atom. The molecule has 1 atom stereocenters. The lowest BCUT2D eigenvalue weighted by atomic mass is 10.0. The molecular weight excluding hydrogens is 246 g/mol. The van der Waals surface area contributed by atoms with Crippen molar-refractivity contribution in [2.45, 2.75) is 33.7 Å². The third-order valence-electron chi connectivity index (χ3n) is 3.97. The average molecular weight is 271 g/mol. The Morgan fingerprint density at radius 1 is 1.25 bits per heavy atom. The highest BCUT2D eigenvalue weighted by Gasteiger charge is 2.15. The quantitative estimate of drug-likeness (QED) is 0.873. The number of para-hydroxylation sites is 1. The molecule has 0 aliphatic carbocycles. The van der Waals surface area contributed by atoms with Crippen LogP contribution in [0.5, 0.6) is 0 Å². The maximum Gasteiger partial charge on any atom is 0.0723 e. The van der Waals surface area contributed by atoms with E-state index >= 15 is 0 Å². The number of benzene rings is 1. The lowest BCUT2D eigenvalue weighted by molar-refractivity contribution is 0.548. The molecule has 0 fully saturated rings. The van der Waals surface area contributed by atoms with Crippen molar-refractivity contribution in [2.24, 2.45) is 11.7 Å². The maximum atomic E-state index is 5.93. The van der Waals surface area contributed by atoms with Gasteiger partial charge in [-0.15, -0.1) is 0 Å². The van der Waals surface area contributed by atoms with Crippen molar-refractivity contribution >= 4 is 16.6 Å². The molecular formula is C17H25N3. The standard InChI is InChI=1S/C17H25N3/c1-4-13(3)12-20(5-2)17-14(10-18)11-19-16-9-7-6-8-15(16)17/h6-9,11,13H,4-5,10,12,18H2,1-3H3. The molecule has 0 radical (unpaired) electrons. The predicted octanol–water partition coefficient (Wildman–Crippen LogP) is 3.57. The van der Waals surface area contributed by atoms with E-state index in [1.807, 2.05) is 12.3 Å². The van der Waals surface area contributed by atoms with Crippen LogP contribution in [0.15, 0.2) is 30.5 Å². The van der Waals surface area contributed by atoms with Gasteiger partial charge in [0.2, 0.25) is 0 Å². The van der Waals surface area contributed by atoms with Gasteiger partial charge in [0.05, 0.1) is 11.2 Å². The zero-order valence-electron chi connectivity index (χ0n) is 12.8. The first-order valence-electron chi connectivity index (χ1n) is 7.52. The molecule has 2 N–H and O–H groups in total. The highest BCUT2D eigenvalue weighted by molar-refractivity contribution is 5.93. The lowest BCUT2D eigenvalue weighted by Crippen LogP contribution is -2.29. The van der Waals surface area contributed by atoms with E-state index in [4.69, 9.17) is 5.73 Å². The third kappa shape index (κ3) is 2.93. The fraction of sp³-hybridized carbons (Fsp3) is 0.471. The summed E-state index contributed by atoms with van der Waals surface area (Å²) in [6.07, 6.45) is 3.12. The van der Waals surface area contributed by atoms with E-state index in [0.717, 1.165) is 24.2 Å². The Balaban J connectivity index is 2.53. The Hall–Kier alpha value is -1.61. The topological polar surface area (TPSA) is 42.1 Å². The van der Waals surface area contributed by atoms with E-state index in [1.165, 1.54) is 17.5 Å². The summed E-state index contributed by atoms with van der Waals surface area (Å²) in [4.78, 5) is 6.97. The summed E-state index contributed by atoms with van der Waals surface area (Å²) in [7, 11) is 0. The number of hydrogen-bond acceptors (Lipinski definition) is 3. The zero-order chi connectivity index (χ0) is 14.5. The van der Waals surface area contributed by atoms with Gasteiger partial charge in [-0.25, -0.2) is 0 Å². The van der Waals surface area contributed by atoms with Gasteiger partial charge in [0.1, 0.15) is 0 Å². The molecule has 1 aromatic carbocycles. The molecule has 3 nitrogen and oxygen atoms in total. The Bertz CT molecular complexity index is 565. The van der Waals surface area contributed by atoms with Gasteiger partial charge < -0.3 is 10.6 Å².